The second kappa shape index (κ2) is 6.56. The van der Waals surface area contributed by atoms with Crippen LogP contribution >= 0.6 is 0 Å². The van der Waals surface area contributed by atoms with Crippen molar-refractivity contribution in [2.45, 2.75) is 19.4 Å². The lowest BCUT2D eigenvalue weighted by Crippen LogP contribution is -2.19. The molecule has 1 aromatic carbocycles. The molecular formula is C13H20N2O2S. The van der Waals surface area contributed by atoms with E-state index in [2.05, 4.69) is 16.6 Å². The van der Waals surface area contributed by atoms with Crippen molar-refractivity contribution in [2.24, 2.45) is 0 Å². The van der Waals surface area contributed by atoms with Crippen LogP contribution < -0.4 is 10.0 Å². The molecule has 0 saturated carbocycles. The van der Waals surface area contributed by atoms with Crippen molar-refractivity contribution in [1.29, 1.82) is 0 Å². The maximum absolute atomic E-state index is 11.2. The van der Waals surface area contributed by atoms with Gasteiger partial charge < -0.3 is 5.32 Å². The number of sulfonamides is 1. The molecule has 0 radical (unpaired) electrons. The van der Waals surface area contributed by atoms with Crippen LogP contribution in [0.5, 0.6) is 0 Å². The van der Waals surface area contributed by atoms with E-state index in [4.69, 9.17) is 0 Å². The standard InChI is InChI=1S/C13H20N2O2S/c1-4-5-9-14-11(2)12-7-6-8-13(10-12)15-18(3,16)17/h4,6-8,10-11,14-15H,1,5,9H2,2-3H3. The third kappa shape index (κ3) is 5.33. The van der Waals surface area contributed by atoms with Gasteiger partial charge in [-0.15, -0.1) is 6.58 Å². The number of benzene rings is 1. The zero-order chi connectivity index (χ0) is 13.6. The zero-order valence-corrected chi connectivity index (χ0v) is 11.6. The molecule has 1 aromatic rings. The molecule has 1 atom stereocenters. The summed E-state index contributed by atoms with van der Waals surface area (Å²) in [7, 11) is -3.22. The molecule has 0 aliphatic carbocycles. The Kier molecular flexibility index (Phi) is 5.37. The molecule has 0 amide bonds. The highest BCUT2D eigenvalue weighted by atomic mass is 32.2. The largest absolute Gasteiger partial charge is 0.310 e. The van der Waals surface area contributed by atoms with E-state index in [-0.39, 0.29) is 6.04 Å². The van der Waals surface area contributed by atoms with Crippen LogP contribution in [-0.2, 0) is 10.0 Å². The van der Waals surface area contributed by atoms with Gasteiger partial charge in [0.15, 0.2) is 0 Å². The normalized spacial score (nSPS) is 13.0. The summed E-state index contributed by atoms with van der Waals surface area (Å²) in [5, 5.41) is 3.34. The van der Waals surface area contributed by atoms with Crippen molar-refractivity contribution in [3.05, 3.63) is 42.5 Å². The minimum Gasteiger partial charge on any atom is -0.310 e. The molecule has 0 aliphatic heterocycles. The van der Waals surface area contributed by atoms with E-state index in [0.717, 1.165) is 24.8 Å². The summed E-state index contributed by atoms with van der Waals surface area (Å²) in [5.74, 6) is 0. The first kappa shape index (κ1) is 14.7. The Hall–Kier alpha value is -1.33. The van der Waals surface area contributed by atoms with Gasteiger partial charge in [-0.3, -0.25) is 4.72 Å². The number of nitrogens with one attached hydrogen (secondary N) is 2. The van der Waals surface area contributed by atoms with Crippen molar-refractivity contribution in [3.8, 4) is 0 Å². The average molecular weight is 268 g/mol. The van der Waals surface area contributed by atoms with Crippen LogP contribution in [0.15, 0.2) is 36.9 Å². The van der Waals surface area contributed by atoms with E-state index in [9.17, 15) is 8.42 Å². The second-order valence-electron chi connectivity index (χ2n) is 4.25. The number of hydrogen-bond acceptors (Lipinski definition) is 3. The Morgan fingerprint density at radius 3 is 2.78 bits per heavy atom. The molecular weight excluding hydrogens is 248 g/mol. The molecule has 4 nitrogen and oxygen atoms in total. The number of hydrogen-bond donors (Lipinski definition) is 2. The fraction of sp³-hybridized carbons (Fsp3) is 0.385. The summed E-state index contributed by atoms with van der Waals surface area (Å²) >= 11 is 0. The molecule has 2 N–H and O–H groups in total. The number of rotatable bonds is 7. The summed E-state index contributed by atoms with van der Waals surface area (Å²) in [5.41, 5.74) is 1.64. The van der Waals surface area contributed by atoms with E-state index in [1.807, 2.05) is 31.2 Å². The molecule has 0 spiro atoms. The van der Waals surface area contributed by atoms with E-state index < -0.39 is 10.0 Å². The highest BCUT2D eigenvalue weighted by molar-refractivity contribution is 7.92. The van der Waals surface area contributed by atoms with E-state index in [0.29, 0.717) is 5.69 Å². The summed E-state index contributed by atoms with van der Waals surface area (Å²) in [6.45, 7) is 6.57. The van der Waals surface area contributed by atoms with E-state index in [1.165, 1.54) is 0 Å². The van der Waals surface area contributed by atoms with Crippen LogP contribution in [-0.4, -0.2) is 21.2 Å². The molecule has 18 heavy (non-hydrogen) atoms. The summed E-state index contributed by atoms with van der Waals surface area (Å²) in [6.07, 6.45) is 3.92. The van der Waals surface area contributed by atoms with E-state index >= 15 is 0 Å². The van der Waals surface area contributed by atoms with Gasteiger partial charge in [-0.05, 0) is 37.6 Å². The van der Waals surface area contributed by atoms with Crippen molar-refractivity contribution < 1.29 is 8.42 Å². The minimum absolute atomic E-state index is 0.172. The predicted octanol–water partition coefficient (Wildman–Crippen LogP) is 2.28. The Morgan fingerprint density at radius 1 is 1.44 bits per heavy atom. The van der Waals surface area contributed by atoms with Crippen molar-refractivity contribution in [2.75, 3.05) is 17.5 Å². The van der Waals surface area contributed by atoms with Crippen LogP contribution in [0.25, 0.3) is 0 Å². The third-order valence-electron chi connectivity index (χ3n) is 2.49. The second-order valence-corrected chi connectivity index (χ2v) is 6.00. The van der Waals surface area contributed by atoms with Crippen molar-refractivity contribution in [1.82, 2.24) is 5.32 Å². The van der Waals surface area contributed by atoms with Crippen LogP contribution in [0.4, 0.5) is 5.69 Å². The molecule has 0 aliphatic rings. The molecule has 100 valence electrons. The highest BCUT2D eigenvalue weighted by Gasteiger charge is 2.06. The lowest BCUT2D eigenvalue weighted by atomic mass is 10.1. The average Bonchev–Trinajstić information content (AvgIpc) is 2.27. The predicted molar refractivity (Wildman–Crippen MR) is 76.1 cm³/mol. The quantitative estimate of drug-likeness (QED) is 0.589. The molecule has 0 bridgehead atoms. The van der Waals surface area contributed by atoms with Gasteiger partial charge in [0.1, 0.15) is 0 Å². The Morgan fingerprint density at radius 2 is 2.17 bits per heavy atom. The summed E-state index contributed by atoms with van der Waals surface area (Å²) < 4.78 is 24.8. The van der Waals surface area contributed by atoms with Crippen molar-refractivity contribution >= 4 is 15.7 Å². The fourth-order valence-electron chi connectivity index (χ4n) is 1.61. The Bertz CT molecular complexity index is 497. The highest BCUT2D eigenvalue weighted by Crippen LogP contribution is 2.18. The molecule has 0 fully saturated rings. The first-order chi connectivity index (χ1) is 8.42. The summed E-state index contributed by atoms with van der Waals surface area (Å²) in [4.78, 5) is 0. The van der Waals surface area contributed by atoms with Gasteiger partial charge in [-0.1, -0.05) is 18.2 Å². The fourth-order valence-corrected chi connectivity index (χ4v) is 2.16. The van der Waals surface area contributed by atoms with Gasteiger partial charge in [-0.25, -0.2) is 8.42 Å². The van der Waals surface area contributed by atoms with Gasteiger partial charge in [0, 0.05) is 11.7 Å². The van der Waals surface area contributed by atoms with Crippen molar-refractivity contribution in [3.63, 3.8) is 0 Å². The monoisotopic (exact) mass is 268 g/mol. The molecule has 1 rings (SSSR count). The third-order valence-corrected chi connectivity index (χ3v) is 3.10. The van der Waals surface area contributed by atoms with Gasteiger partial charge in [0.25, 0.3) is 0 Å². The minimum atomic E-state index is -3.22. The first-order valence-corrected chi connectivity index (χ1v) is 7.73. The molecule has 5 heteroatoms. The maximum Gasteiger partial charge on any atom is 0.229 e. The Balaban J connectivity index is 2.72. The Labute approximate surface area is 109 Å². The first-order valence-electron chi connectivity index (χ1n) is 5.84. The van der Waals surface area contributed by atoms with Crippen LogP contribution in [0.3, 0.4) is 0 Å². The van der Waals surface area contributed by atoms with Crippen LogP contribution in [0, 0.1) is 0 Å². The van der Waals surface area contributed by atoms with Gasteiger partial charge in [-0.2, -0.15) is 0 Å². The maximum atomic E-state index is 11.2. The lowest BCUT2D eigenvalue weighted by Gasteiger charge is -2.15. The SMILES string of the molecule is C=CCCNC(C)c1cccc(NS(C)(=O)=O)c1. The zero-order valence-electron chi connectivity index (χ0n) is 10.8. The topological polar surface area (TPSA) is 58.2 Å². The van der Waals surface area contributed by atoms with Gasteiger partial charge in [0.05, 0.1) is 6.26 Å². The van der Waals surface area contributed by atoms with Gasteiger partial charge in [0.2, 0.25) is 10.0 Å². The van der Waals surface area contributed by atoms with E-state index in [1.54, 1.807) is 6.07 Å². The summed E-state index contributed by atoms with van der Waals surface area (Å²) in [6, 6.07) is 7.56. The van der Waals surface area contributed by atoms with Crippen LogP contribution in [0.2, 0.25) is 0 Å². The molecule has 0 aromatic heterocycles. The van der Waals surface area contributed by atoms with Crippen LogP contribution in [0.1, 0.15) is 24.9 Å². The molecule has 1 unspecified atom stereocenters. The molecule has 0 saturated heterocycles. The number of anilines is 1. The van der Waals surface area contributed by atoms with Gasteiger partial charge >= 0.3 is 0 Å². The molecule has 0 heterocycles. The smallest absolute Gasteiger partial charge is 0.229 e. The lowest BCUT2D eigenvalue weighted by molar-refractivity contribution is 0.581.